The van der Waals surface area contributed by atoms with Gasteiger partial charge in [-0.2, -0.15) is 0 Å². The van der Waals surface area contributed by atoms with Crippen molar-refractivity contribution in [1.82, 2.24) is 4.98 Å². The second-order valence-corrected chi connectivity index (χ2v) is 7.74. The number of aromatic amines is 1. The summed E-state index contributed by atoms with van der Waals surface area (Å²) in [5, 5.41) is -0.242. The molecule has 1 aliphatic heterocycles. The molecule has 7 nitrogen and oxygen atoms in total. The van der Waals surface area contributed by atoms with Crippen molar-refractivity contribution in [3.8, 4) is 5.75 Å². The third-order valence-corrected chi connectivity index (χ3v) is 6.63. The third-order valence-electron chi connectivity index (χ3n) is 4.24. The molecule has 1 aliphatic rings. The molecular formula is C17H17NO6S2. The van der Waals surface area contributed by atoms with Crippen LogP contribution < -0.4 is 9.61 Å². The standard InChI is InChI=1S/C17H17NO6S2/c1-22-9-6-4-8(5-7-9)10-11(15(19)23-2)13(16(20)24-3)25-14-12(10)26-17(21)18-14/h4-7,10-11,13H,1-3H3,(H,18,21). The molecule has 1 aromatic carbocycles. The molecule has 138 valence electrons. The van der Waals surface area contributed by atoms with Gasteiger partial charge in [-0.3, -0.25) is 14.4 Å². The number of carbonyl (C=O) groups is 2. The van der Waals surface area contributed by atoms with Crippen LogP contribution >= 0.6 is 23.1 Å². The molecule has 26 heavy (non-hydrogen) atoms. The van der Waals surface area contributed by atoms with Crippen LogP contribution in [-0.4, -0.2) is 43.5 Å². The van der Waals surface area contributed by atoms with Gasteiger partial charge in [0.05, 0.1) is 32.3 Å². The van der Waals surface area contributed by atoms with Gasteiger partial charge in [0.25, 0.3) is 0 Å². The van der Waals surface area contributed by atoms with Crippen molar-refractivity contribution in [1.29, 1.82) is 0 Å². The molecule has 0 spiro atoms. The summed E-state index contributed by atoms with van der Waals surface area (Å²) in [4.78, 5) is 40.0. The summed E-state index contributed by atoms with van der Waals surface area (Å²) in [5.74, 6) is -1.72. The smallest absolute Gasteiger partial charge is 0.320 e. The number of thiazole rings is 1. The third kappa shape index (κ3) is 3.24. The molecule has 3 atom stereocenters. The number of methoxy groups -OCH3 is 3. The number of H-pyrrole nitrogens is 1. The first-order chi connectivity index (χ1) is 12.5. The summed E-state index contributed by atoms with van der Waals surface area (Å²) in [5.41, 5.74) is 0.784. The summed E-state index contributed by atoms with van der Waals surface area (Å²) < 4.78 is 15.0. The van der Waals surface area contributed by atoms with Crippen LogP contribution in [0, 0.1) is 5.92 Å². The number of aromatic nitrogens is 1. The number of rotatable bonds is 4. The number of nitrogens with one attached hydrogen (secondary N) is 1. The Bertz CT molecular complexity index is 872. The summed E-state index contributed by atoms with van der Waals surface area (Å²) in [6, 6.07) is 7.18. The number of carbonyl (C=O) groups excluding carboxylic acids is 2. The Kier molecular flexibility index (Phi) is 5.38. The van der Waals surface area contributed by atoms with Crippen molar-refractivity contribution < 1.29 is 23.8 Å². The summed E-state index contributed by atoms with van der Waals surface area (Å²) in [6.45, 7) is 0. The van der Waals surface area contributed by atoms with Crippen LogP contribution in [0.4, 0.5) is 0 Å². The second-order valence-electron chi connectivity index (χ2n) is 5.57. The van der Waals surface area contributed by atoms with Crippen molar-refractivity contribution in [2.75, 3.05) is 21.3 Å². The molecule has 0 bridgehead atoms. The molecular weight excluding hydrogens is 378 g/mol. The van der Waals surface area contributed by atoms with Crippen LogP contribution in [0.2, 0.25) is 0 Å². The molecule has 0 amide bonds. The van der Waals surface area contributed by atoms with Crippen LogP contribution in [-0.2, 0) is 19.1 Å². The maximum absolute atomic E-state index is 12.6. The molecule has 0 aliphatic carbocycles. The van der Waals surface area contributed by atoms with Crippen molar-refractivity contribution in [3.63, 3.8) is 0 Å². The maximum atomic E-state index is 12.6. The van der Waals surface area contributed by atoms with Crippen LogP contribution in [0.15, 0.2) is 34.1 Å². The number of esters is 2. The molecule has 0 saturated carbocycles. The average molecular weight is 395 g/mol. The maximum Gasteiger partial charge on any atom is 0.320 e. The molecule has 9 heteroatoms. The van der Waals surface area contributed by atoms with Gasteiger partial charge in [0.15, 0.2) is 0 Å². The minimum absolute atomic E-state index is 0.241. The fraction of sp³-hybridized carbons (Fsp3) is 0.353. The van der Waals surface area contributed by atoms with E-state index in [0.29, 0.717) is 15.7 Å². The van der Waals surface area contributed by atoms with E-state index in [9.17, 15) is 14.4 Å². The Labute approximate surface area is 157 Å². The van der Waals surface area contributed by atoms with E-state index in [0.717, 1.165) is 28.7 Å². The highest BCUT2D eigenvalue weighted by Gasteiger charge is 2.48. The highest BCUT2D eigenvalue weighted by Crippen LogP contribution is 2.49. The number of benzene rings is 1. The van der Waals surface area contributed by atoms with Crippen molar-refractivity contribution in [3.05, 3.63) is 44.4 Å². The zero-order valence-corrected chi connectivity index (χ0v) is 15.9. The SMILES string of the molecule is COC(=O)C1Sc2[nH]c(=O)sc2C(c2ccc(OC)cc2)C1C(=O)OC. The van der Waals surface area contributed by atoms with Crippen LogP contribution in [0.5, 0.6) is 5.75 Å². The fourth-order valence-electron chi connectivity index (χ4n) is 3.03. The predicted octanol–water partition coefficient (Wildman–Crippen LogP) is 2.01. The summed E-state index contributed by atoms with van der Waals surface area (Å²) in [7, 11) is 4.11. The predicted molar refractivity (Wildman–Crippen MR) is 96.9 cm³/mol. The van der Waals surface area contributed by atoms with Gasteiger partial charge < -0.3 is 19.2 Å². The first-order valence-electron chi connectivity index (χ1n) is 7.69. The lowest BCUT2D eigenvalue weighted by atomic mass is 9.82. The lowest BCUT2D eigenvalue weighted by molar-refractivity contribution is -0.151. The monoisotopic (exact) mass is 395 g/mol. The van der Waals surface area contributed by atoms with E-state index in [1.165, 1.54) is 14.2 Å². The van der Waals surface area contributed by atoms with Gasteiger partial charge in [-0.25, -0.2) is 0 Å². The van der Waals surface area contributed by atoms with E-state index in [4.69, 9.17) is 14.2 Å². The molecule has 2 heterocycles. The normalized spacial score (nSPS) is 21.6. The number of hydrogen-bond donors (Lipinski definition) is 1. The van der Waals surface area contributed by atoms with Gasteiger partial charge >= 0.3 is 16.8 Å². The Morgan fingerprint density at radius 1 is 1.04 bits per heavy atom. The van der Waals surface area contributed by atoms with E-state index in [1.807, 2.05) is 12.1 Å². The first kappa shape index (κ1) is 18.5. The second kappa shape index (κ2) is 7.55. The molecule has 3 rings (SSSR count). The van der Waals surface area contributed by atoms with Crippen molar-refractivity contribution >= 4 is 35.0 Å². The molecule has 0 saturated heterocycles. The van der Waals surface area contributed by atoms with Gasteiger partial charge in [-0.15, -0.1) is 0 Å². The largest absolute Gasteiger partial charge is 0.497 e. The Balaban J connectivity index is 2.17. The van der Waals surface area contributed by atoms with Gasteiger partial charge in [0, 0.05) is 10.8 Å². The van der Waals surface area contributed by atoms with Gasteiger partial charge in [0.1, 0.15) is 11.0 Å². The molecule has 1 N–H and O–H groups in total. The summed E-state index contributed by atoms with van der Waals surface area (Å²) in [6.07, 6.45) is 0. The number of ether oxygens (including phenoxy) is 3. The molecule has 0 fully saturated rings. The van der Waals surface area contributed by atoms with Gasteiger partial charge in [0.2, 0.25) is 0 Å². The number of fused-ring (bicyclic) bond motifs is 1. The lowest BCUT2D eigenvalue weighted by Gasteiger charge is -2.34. The first-order valence-corrected chi connectivity index (χ1v) is 9.39. The molecule has 3 unspecified atom stereocenters. The highest BCUT2D eigenvalue weighted by atomic mass is 32.2. The van der Waals surface area contributed by atoms with Crippen LogP contribution in [0.1, 0.15) is 16.4 Å². The van der Waals surface area contributed by atoms with Crippen LogP contribution in [0.25, 0.3) is 0 Å². The zero-order valence-electron chi connectivity index (χ0n) is 14.3. The Hall–Kier alpha value is -2.26. The van der Waals surface area contributed by atoms with E-state index >= 15 is 0 Å². The minimum Gasteiger partial charge on any atom is -0.497 e. The molecule has 0 radical (unpaired) electrons. The van der Waals surface area contributed by atoms with Gasteiger partial charge in [-0.05, 0) is 17.7 Å². The Morgan fingerprint density at radius 2 is 1.69 bits per heavy atom. The lowest BCUT2D eigenvalue weighted by Crippen LogP contribution is -2.40. The average Bonchev–Trinajstić information content (AvgIpc) is 3.05. The van der Waals surface area contributed by atoms with E-state index < -0.39 is 29.0 Å². The number of hydrogen-bond acceptors (Lipinski definition) is 8. The topological polar surface area (TPSA) is 94.7 Å². The van der Waals surface area contributed by atoms with Crippen molar-refractivity contribution in [2.45, 2.75) is 16.2 Å². The summed E-state index contributed by atoms with van der Waals surface area (Å²) >= 11 is 2.16. The Morgan fingerprint density at radius 3 is 2.27 bits per heavy atom. The van der Waals surface area contributed by atoms with Crippen molar-refractivity contribution in [2.24, 2.45) is 5.92 Å². The quantitative estimate of drug-likeness (QED) is 0.792. The van der Waals surface area contributed by atoms with Crippen LogP contribution in [0.3, 0.4) is 0 Å². The van der Waals surface area contributed by atoms with E-state index in [2.05, 4.69) is 4.98 Å². The van der Waals surface area contributed by atoms with E-state index in [1.54, 1.807) is 19.2 Å². The molecule has 1 aromatic heterocycles. The van der Waals surface area contributed by atoms with E-state index in [-0.39, 0.29) is 4.87 Å². The molecule has 2 aromatic rings. The highest BCUT2D eigenvalue weighted by molar-refractivity contribution is 8.00. The zero-order chi connectivity index (χ0) is 18.8. The van der Waals surface area contributed by atoms with Gasteiger partial charge in [-0.1, -0.05) is 35.2 Å². The number of thioether (sulfide) groups is 1. The fourth-order valence-corrected chi connectivity index (χ4v) is 5.53. The minimum atomic E-state index is -0.822.